The number of allylic oxidation sites excluding steroid dienone is 5. The summed E-state index contributed by atoms with van der Waals surface area (Å²) >= 11 is 0. The van der Waals surface area contributed by atoms with E-state index in [0.29, 0.717) is 0 Å². The maximum Gasteiger partial charge on any atom is 0.159 e. The van der Waals surface area contributed by atoms with Crippen molar-refractivity contribution in [1.29, 1.82) is 0 Å². The van der Waals surface area contributed by atoms with E-state index in [1.54, 1.807) is 0 Å². The van der Waals surface area contributed by atoms with Crippen molar-refractivity contribution in [3.63, 3.8) is 0 Å². The van der Waals surface area contributed by atoms with Crippen LogP contribution in [0.4, 0.5) is 34.1 Å². The lowest BCUT2D eigenvalue weighted by Crippen LogP contribution is -2.29. The first-order chi connectivity index (χ1) is 44.5. The molecule has 2 heterocycles. The van der Waals surface area contributed by atoms with Crippen LogP contribution in [0.2, 0.25) is 0 Å². The molecule has 14 aromatic carbocycles. The topological polar surface area (TPSA) is 32.8 Å². The van der Waals surface area contributed by atoms with Crippen molar-refractivity contribution in [2.75, 3.05) is 9.80 Å². The maximum absolute atomic E-state index is 6.90. The Morgan fingerprint density at radius 1 is 0.367 bits per heavy atom. The van der Waals surface area contributed by atoms with Crippen molar-refractivity contribution in [2.45, 2.75) is 12.3 Å². The molecule has 1 atom stereocenters. The van der Waals surface area contributed by atoms with E-state index in [4.69, 9.17) is 15.4 Å². The smallest absolute Gasteiger partial charge is 0.159 e. The molecule has 424 valence electrons. The number of benzene rings is 14. The minimum atomic E-state index is -0.856. The van der Waals surface area contributed by atoms with Gasteiger partial charge < -0.3 is 18.6 Å². The molecule has 4 nitrogen and oxygen atoms in total. The fourth-order valence-corrected chi connectivity index (χ4v) is 14.6. The lowest BCUT2D eigenvalue weighted by atomic mass is 9.66. The highest BCUT2D eigenvalue weighted by Gasteiger charge is 2.48. The Labute approximate surface area is 522 Å². The van der Waals surface area contributed by atoms with E-state index in [9.17, 15) is 0 Å². The Bertz CT molecular complexity index is 5600. The highest BCUT2D eigenvalue weighted by molar-refractivity contribution is 6.21. The van der Waals surface area contributed by atoms with Crippen LogP contribution in [0.25, 0.3) is 110 Å². The molecule has 17 rings (SSSR count). The van der Waals surface area contributed by atoms with Gasteiger partial charge in [0.1, 0.15) is 11.2 Å². The van der Waals surface area contributed by atoms with Gasteiger partial charge in [-0.2, -0.15) is 0 Å². The van der Waals surface area contributed by atoms with Gasteiger partial charge in [0, 0.05) is 44.3 Å². The number of furan rings is 2. The Kier molecular flexibility index (Phi) is 12.5. The maximum atomic E-state index is 6.90. The molecule has 0 aliphatic heterocycles. The van der Waals surface area contributed by atoms with Gasteiger partial charge in [0.05, 0.1) is 16.8 Å². The predicted molar refractivity (Wildman–Crippen MR) is 379 cm³/mol. The van der Waals surface area contributed by atoms with Gasteiger partial charge >= 0.3 is 0 Å². The first kappa shape index (κ1) is 52.6. The largest absolute Gasteiger partial charge is 0.454 e. The SMILES string of the molecule is C=C(/C=C\C=C/C)C1(c2ccccc2)c2cc3cc(N(c4cccc(-c5ccccc5)c4)c4cccc5c4oc4ccccc45)ccc3cc2-c2c1c1ccc(N(c3cccc(-c4ccccc4)c3)c3cccc4c3oc3ccccc34)cc1c1ccccc21. The third-order valence-corrected chi connectivity index (χ3v) is 18.5. The molecular weight excluding hydrogens is 1090 g/mol. The Hall–Kier alpha value is -11.7. The molecule has 0 bridgehead atoms. The van der Waals surface area contributed by atoms with E-state index >= 15 is 0 Å². The van der Waals surface area contributed by atoms with Crippen molar-refractivity contribution in [1.82, 2.24) is 0 Å². The zero-order chi connectivity index (χ0) is 59.9. The fourth-order valence-electron chi connectivity index (χ4n) is 14.6. The number of anilines is 6. The molecule has 0 spiro atoms. The summed E-state index contributed by atoms with van der Waals surface area (Å²) in [6.45, 7) is 7.24. The highest BCUT2D eigenvalue weighted by atomic mass is 16.3. The van der Waals surface area contributed by atoms with Crippen LogP contribution in [0.5, 0.6) is 0 Å². The van der Waals surface area contributed by atoms with E-state index in [0.717, 1.165) is 133 Å². The second-order valence-electron chi connectivity index (χ2n) is 23.5. The van der Waals surface area contributed by atoms with Crippen molar-refractivity contribution >= 4 is 110 Å². The van der Waals surface area contributed by atoms with Crippen LogP contribution in [-0.4, -0.2) is 0 Å². The van der Waals surface area contributed by atoms with E-state index in [2.05, 4.69) is 326 Å². The Morgan fingerprint density at radius 3 is 1.46 bits per heavy atom. The molecule has 0 saturated heterocycles. The summed E-state index contributed by atoms with van der Waals surface area (Å²) in [7, 11) is 0. The van der Waals surface area contributed by atoms with Crippen LogP contribution >= 0.6 is 0 Å². The molecule has 90 heavy (non-hydrogen) atoms. The van der Waals surface area contributed by atoms with E-state index < -0.39 is 5.41 Å². The molecule has 0 N–H and O–H groups in total. The van der Waals surface area contributed by atoms with Crippen molar-refractivity contribution in [3.05, 3.63) is 350 Å². The lowest BCUT2D eigenvalue weighted by molar-refractivity contribution is 0.668. The highest BCUT2D eigenvalue weighted by Crippen LogP contribution is 2.62. The normalized spacial score (nSPS) is 13.8. The van der Waals surface area contributed by atoms with Crippen molar-refractivity contribution in [2.24, 2.45) is 0 Å². The molecule has 1 unspecified atom stereocenters. The van der Waals surface area contributed by atoms with Gasteiger partial charge in [-0.25, -0.2) is 0 Å². The van der Waals surface area contributed by atoms with Crippen LogP contribution in [-0.2, 0) is 5.41 Å². The quantitative estimate of drug-likeness (QED) is 0.0902. The summed E-state index contributed by atoms with van der Waals surface area (Å²) in [6, 6.07) is 108. The predicted octanol–water partition coefficient (Wildman–Crippen LogP) is 24.2. The first-order valence-corrected chi connectivity index (χ1v) is 30.9. The summed E-state index contributed by atoms with van der Waals surface area (Å²) in [4.78, 5) is 4.76. The number of fused-ring (bicyclic) bond motifs is 15. The average Bonchev–Trinajstić information content (AvgIpc) is 1.50. The van der Waals surface area contributed by atoms with E-state index in [-0.39, 0.29) is 0 Å². The number of nitrogens with zero attached hydrogens (tertiary/aromatic N) is 2. The molecule has 0 saturated carbocycles. The zero-order valence-corrected chi connectivity index (χ0v) is 49.5. The lowest BCUT2D eigenvalue weighted by Gasteiger charge is -2.35. The molecule has 0 fully saturated rings. The molecule has 1 aliphatic rings. The minimum absolute atomic E-state index is 0.830. The van der Waals surface area contributed by atoms with Gasteiger partial charge in [0.2, 0.25) is 0 Å². The number of hydrogen-bond donors (Lipinski definition) is 0. The molecule has 2 aromatic heterocycles. The van der Waals surface area contributed by atoms with E-state index in [1.165, 1.54) is 33.0 Å². The minimum Gasteiger partial charge on any atom is -0.454 e. The summed E-state index contributed by atoms with van der Waals surface area (Å²) in [5.74, 6) is 0. The van der Waals surface area contributed by atoms with Crippen LogP contribution in [0.3, 0.4) is 0 Å². The molecule has 0 radical (unpaired) electrons. The third kappa shape index (κ3) is 8.30. The second-order valence-corrected chi connectivity index (χ2v) is 23.5. The second kappa shape index (κ2) is 21.3. The standard InChI is InChI=1S/C86H58N2O2/c1-3-4-8-25-56(2)86(63-32-13-7-14-33-63)77-54-62-52-66(87(64-34-21-30-59(50-64)57-26-9-5-10-27-57)78-42-23-40-73-69-37-17-19-44-80(69)89-84(73)78)47-46-61(62)53-76(77)82-71-39-16-15-36-68(71)75-55-67(48-49-72(75)83(82)86)88(65-35-22-31-60(51-65)58-28-11-6-12-29-58)79-43-24-41-74-70-38-18-20-45-81(70)90-85(74)79/h3-55H,2H2,1H3/b4-3-,25-8-. The summed E-state index contributed by atoms with van der Waals surface area (Å²) < 4.78 is 13.8. The van der Waals surface area contributed by atoms with Gasteiger partial charge in [-0.1, -0.05) is 243 Å². The fraction of sp³-hybridized carbons (Fsp3) is 0.0233. The summed E-state index contributed by atoms with van der Waals surface area (Å²) in [5.41, 5.74) is 19.9. The number of rotatable bonds is 12. The third-order valence-electron chi connectivity index (χ3n) is 18.5. The van der Waals surface area contributed by atoms with E-state index in [1.807, 2.05) is 12.1 Å². The van der Waals surface area contributed by atoms with Crippen molar-refractivity contribution < 1.29 is 8.83 Å². The van der Waals surface area contributed by atoms with Crippen LogP contribution in [0.1, 0.15) is 23.6 Å². The van der Waals surface area contributed by atoms with Gasteiger partial charge in [-0.3, -0.25) is 0 Å². The summed E-state index contributed by atoms with van der Waals surface area (Å²) in [6.07, 6.45) is 8.55. The zero-order valence-electron chi connectivity index (χ0n) is 49.5. The van der Waals surface area contributed by atoms with Crippen LogP contribution < -0.4 is 9.80 Å². The molecule has 1 aliphatic carbocycles. The average molecular weight is 1150 g/mol. The van der Waals surface area contributed by atoms with Crippen LogP contribution in [0, 0.1) is 0 Å². The molecule has 4 heteroatoms. The van der Waals surface area contributed by atoms with Gasteiger partial charge in [0.15, 0.2) is 11.2 Å². The monoisotopic (exact) mass is 1150 g/mol. The molecular formula is C86H58N2O2. The van der Waals surface area contributed by atoms with Crippen molar-refractivity contribution in [3.8, 4) is 33.4 Å². The van der Waals surface area contributed by atoms with Crippen LogP contribution in [0.15, 0.2) is 343 Å². The van der Waals surface area contributed by atoms with Gasteiger partial charge in [-0.15, -0.1) is 0 Å². The molecule has 0 amide bonds. The van der Waals surface area contributed by atoms with Gasteiger partial charge in [0.25, 0.3) is 0 Å². The number of para-hydroxylation sites is 4. The molecule has 16 aromatic rings. The summed E-state index contributed by atoms with van der Waals surface area (Å²) in [5, 5.41) is 11.2. The first-order valence-electron chi connectivity index (χ1n) is 30.9. The Balaban J connectivity index is 0.922. The van der Waals surface area contributed by atoms with Gasteiger partial charge in [-0.05, 0) is 180 Å². The number of hydrogen-bond acceptors (Lipinski definition) is 4. The Morgan fingerprint density at radius 2 is 0.856 bits per heavy atom.